The molecule has 0 radical (unpaired) electrons. The fourth-order valence-electron chi connectivity index (χ4n) is 1.15. The van der Waals surface area contributed by atoms with E-state index in [4.69, 9.17) is 9.47 Å². The molecule has 0 bridgehead atoms. The maximum atomic E-state index is 11.5. The number of ether oxygens (including phenoxy) is 3. The molecule has 18 heavy (non-hydrogen) atoms. The summed E-state index contributed by atoms with van der Waals surface area (Å²) in [6.45, 7) is 0.0139. The topological polar surface area (TPSA) is 61.8 Å². The molecule has 0 unspecified atom stereocenters. The van der Waals surface area contributed by atoms with Crippen LogP contribution in [-0.2, 0) is 14.3 Å². The van der Waals surface area contributed by atoms with E-state index in [1.54, 1.807) is 31.4 Å². The van der Waals surface area contributed by atoms with Gasteiger partial charge in [0.1, 0.15) is 12.4 Å². The molecule has 96 valence electrons. The van der Waals surface area contributed by atoms with Crippen molar-refractivity contribution in [3.05, 3.63) is 42.0 Å². The summed E-state index contributed by atoms with van der Waals surface area (Å²) >= 11 is 0. The van der Waals surface area contributed by atoms with Crippen LogP contribution in [0.4, 0.5) is 0 Å². The van der Waals surface area contributed by atoms with Gasteiger partial charge in [0.15, 0.2) is 0 Å². The minimum atomic E-state index is -0.490. The van der Waals surface area contributed by atoms with E-state index in [2.05, 4.69) is 4.74 Å². The highest BCUT2D eigenvalue weighted by Gasteiger charge is 2.05. The predicted molar refractivity (Wildman–Crippen MR) is 64.4 cm³/mol. The summed E-state index contributed by atoms with van der Waals surface area (Å²) in [4.78, 5) is 22.3. The van der Waals surface area contributed by atoms with Crippen LogP contribution in [0.2, 0.25) is 0 Å². The predicted octanol–water partition coefficient (Wildman–Crippen LogP) is 1.58. The highest BCUT2D eigenvalue weighted by atomic mass is 16.5. The number of rotatable bonds is 5. The summed E-state index contributed by atoms with van der Waals surface area (Å²) in [6, 6.07) is 6.54. The van der Waals surface area contributed by atoms with Crippen molar-refractivity contribution in [2.75, 3.05) is 20.8 Å². The Morgan fingerprint density at radius 3 is 2.39 bits per heavy atom. The van der Waals surface area contributed by atoms with E-state index in [9.17, 15) is 9.59 Å². The van der Waals surface area contributed by atoms with E-state index < -0.39 is 11.9 Å². The zero-order valence-electron chi connectivity index (χ0n) is 10.2. The molecule has 0 saturated carbocycles. The smallest absolute Gasteiger partial charge is 0.338 e. The lowest BCUT2D eigenvalue weighted by molar-refractivity contribution is -0.134. The van der Waals surface area contributed by atoms with Gasteiger partial charge in [-0.25, -0.2) is 9.59 Å². The van der Waals surface area contributed by atoms with Crippen LogP contribution in [0.3, 0.4) is 0 Å². The van der Waals surface area contributed by atoms with Crippen molar-refractivity contribution in [1.82, 2.24) is 0 Å². The second kappa shape index (κ2) is 7.11. The van der Waals surface area contributed by atoms with Gasteiger partial charge in [-0.2, -0.15) is 0 Å². The van der Waals surface area contributed by atoms with Crippen molar-refractivity contribution >= 4 is 11.9 Å². The number of esters is 2. The average molecular weight is 250 g/mol. The molecule has 1 aromatic carbocycles. The van der Waals surface area contributed by atoms with Crippen LogP contribution in [0.15, 0.2) is 36.4 Å². The van der Waals surface area contributed by atoms with Gasteiger partial charge in [0.05, 0.1) is 19.8 Å². The molecule has 0 heterocycles. The molecule has 0 saturated heterocycles. The van der Waals surface area contributed by atoms with Crippen LogP contribution in [0.1, 0.15) is 10.4 Å². The van der Waals surface area contributed by atoms with Gasteiger partial charge in [-0.15, -0.1) is 0 Å². The maximum absolute atomic E-state index is 11.5. The number of methoxy groups -OCH3 is 2. The van der Waals surface area contributed by atoms with E-state index in [0.29, 0.717) is 11.3 Å². The van der Waals surface area contributed by atoms with Crippen molar-refractivity contribution < 1.29 is 23.8 Å². The molecule has 0 aliphatic rings. The van der Waals surface area contributed by atoms with Crippen LogP contribution >= 0.6 is 0 Å². The largest absolute Gasteiger partial charge is 0.497 e. The first-order chi connectivity index (χ1) is 8.67. The third-order valence-corrected chi connectivity index (χ3v) is 2.09. The lowest BCUT2D eigenvalue weighted by Crippen LogP contribution is -2.05. The first kappa shape index (κ1) is 13.8. The monoisotopic (exact) mass is 250 g/mol. The van der Waals surface area contributed by atoms with Crippen LogP contribution in [0.25, 0.3) is 0 Å². The molecule has 0 N–H and O–H groups in total. The Morgan fingerprint density at radius 1 is 1.17 bits per heavy atom. The molecule has 0 fully saturated rings. The Morgan fingerprint density at radius 2 is 1.83 bits per heavy atom. The zero-order valence-corrected chi connectivity index (χ0v) is 10.2. The first-order valence-electron chi connectivity index (χ1n) is 5.23. The van der Waals surface area contributed by atoms with Crippen molar-refractivity contribution in [3.8, 4) is 5.75 Å². The first-order valence-corrected chi connectivity index (χ1v) is 5.23. The van der Waals surface area contributed by atoms with Gasteiger partial charge < -0.3 is 14.2 Å². The molecule has 0 spiro atoms. The number of benzene rings is 1. The fourth-order valence-corrected chi connectivity index (χ4v) is 1.15. The van der Waals surface area contributed by atoms with Gasteiger partial charge in [0.25, 0.3) is 0 Å². The fraction of sp³-hybridized carbons (Fsp3) is 0.231. The summed E-state index contributed by atoms with van der Waals surface area (Å²) < 4.78 is 14.3. The Bertz CT molecular complexity index is 433. The van der Waals surface area contributed by atoms with Gasteiger partial charge in [0.2, 0.25) is 0 Å². The molecule has 1 aromatic rings. The van der Waals surface area contributed by atoms with Crippen molar-refractivity contribution in [3.63, 3.8) is 0 Å². The molecule has 5 heteroatoms. The van der Waals surface area contributed by atoms with Crippen LogP contribution < -0.4 is 4.74 Å². The molecular weight excluding hydrogens is 236 g/mol. The zero-order chi connectivity index (χ0) is 13.4. The van der Waals surface area contributed by atoms with Crippen molar-refractivity contribution in [1.29, 1.82) is 0 Å². The van der Waals surface area contributed by atoms with Crippen LogP contribution in [0.5, 0.6) is 5.75 Å². The maximum Gasteiger partial charge on any atom is 0.338 e. The van der Waals surface area contributed by atoms with Gasteiger partial charge in [0, 0.05) is 6.08 Å². The molecule has 5 nitrogen and oxygen atoms in total. The van der Waals surface area contributed by atoms with E-state index in [1.165, 1.54) is 19.3 Å². The van der Waals surface area contributed by atoms with E-state index >= 15 is 0 Å². The Hall–Kier alpha value is -2.30. The quantitative estimate of drug-likeness (QED) is 0.586. The van der Waals surface area contributed by atoms with E-state index in [-0.39, 0.29) is 6.61 Å². The Kier molecular flexibility index (Phi) is 5.44. The summed E-state index contributed by atoms with van der Waals surface area (Å²) in [5.74, 6) is -0.292. The van der Waals surface area contributed by atoms with Gasteiger partial charge in [-0.05, 0) is 30.3 Å². The van der Waals surface area contributed by atoms with Crippen molar-refractivity contribution in [2.24, 2.45) is 0 Å². The number of hydrogen-bond donors (Lipinski definition) is 0. The Labute approximate surface area is 105 Å². The average Bonchev–Trinajstić information content (AvgIpc) is 2.43. The third kappa shape index (κ3) is 4.29. The summed E-state index contributed by atoms with van der Waals surface area (Å²) in [5, 5.41) is 0. The molecule has 0 aromatic heterocycles. The minimum absolute atomic E-state index is 0.0139. The lowest BCUT2D eigenvalue weighted by Gasteiger charge is -2.03. The highest BCUT2D eigenvalue weighted by Crippen LogP contribution is 2.11. The second-order valence-corrected chi connectivity index (χ2v) is 3.25. The number of hydrogen-bond acceptors (Lipinski definition) is 5. The van der Waals surface area contributed by atoms with Crippen LogP contribution in [0, 0.1) is 0 Å². The molecule has 0 amide bonds. The summed E-state index contributed by atoms with van der Waals surface area (Å²) in [6.07, 6.45) is 2.61. The van der Waals surface area contributed by atoms with Gasteiger partial charge >= 0.3 is 11.9 Å². The minimum Gasteiger partial charge on any atom is -0.497 e. The van der Waals surface area contributed by atoms with Gasteiger partial charge in [-0.3, -0.25) is 0 Å². The second-order valence-electron chi connectivity index (χ2n) is 3.25. The molecular formula is C13H14O5. The normalized spacial score (nSPS) is 10.1. The van der Waals surface area contributed by atoms with Crippen molar-refractivity contribution in [2.45, 2.75) is 0 Å². The number of carbonyl (C=O) groups is 2. The third-order valence-electron chi connectivity index (χ3n) is 2.09. The Balaban J connectivity index is 2.45. The van der Waals surface area contributed by atoms with Gasteiger partial charge in [-0.1, -0.05) is 0 Å². The lowest BCUT2D eigenvalue weighted by atomic mass is 10.2. The molecule has 0 atom stereocenters. The SMILES string of the molecule is COC(=O)C=CCOC(=O)c1ccc(OC)cc1. The molecule has 1 rings (SSSR count). The number of carbonyl (C=O) groups excluding carboxylic acids is 2. The van der Waals surface area contributed by atoms with E-state index in [1.807, 2.05) is 0 Å². The molecule has 0 aliphatic carbocycles. The summed E-state index contributed by atoms with van der Waals surface area (Å²) in [5.41, 5.74) is 0.419. The van der Waals surface area contributed by atoms with E-state index in [0.717, 1.165) is 0 Å². The van der Waals surface area contributed by atoms with Crippen LogP contribution in [-0.4, -0.2) is 32.8 Å². The molecule has 0 aliphatic heterocycles. The summed E-state index contributed by atoms with van der Waals surface area (Å²) in [7, 11) is 2.82. The highest BCUT2D eigenvalue weighted by molar-refractivity contribution is 5.89. The standard InChI is InChI=1S/C13H14O5/c1-16-11-7-5-10(6-8-11)13(15)18-9-3-4-12(14)17-2/h3-8H,9H2,1-2H3.